The Morgan fingerprint density at radius 3 is 2.59 bits per heavy atom. The number of benzene rings is 2. The summed E-state index contributed by atoms with van der Waals surface area (Å²) < 4.78 is 33.1. The minimum atomic E-state index is -3.85. The first-order valence-corrected chi connectivity index (χ1v) is 8.79. The standard InChI is InChI=1S/C15H15Cl2NO3S/c1-3-21-14-8-7-11(16)9-15(14)22(19,20)18-13-6-4-5-12(17)10(13)2/h4-9,18H,3H2,1-2H3. The molecule has 0 atom stereocenters. The van der Waals surface area contributed by atoms with Crippen LogP contribution in [-0.4, -0.2) is 15.0 Å². The lowest BCUT2D eigenvalue weighted by Gasteiger charge is -2.14. The second-order valence-electron chi connectivity index (χ2n) is 4.54. The Kier molecular flexibility index (Phi) is 5.21. The first-order valence-electron chi connectivity index (χ1n) is 6.55. The molecule has 0 aliphatic heterocycles. The molecule has 0 unspecified atom stereocenters. The van der Waals surface area contributed by atoms with Crippen molar-refractivity contribution >= 4 is 38.9 Å². The molecule has 7 heteroatoms. The van der Waals surface area contributed by atoms with E-state index in [-0.39, 0.29) is 10.6 Å². The van der Waals surface area contributed by atoms with E-state index < -0.39 is 10.0 Å². The van der Waals surface area contributed by atoms with Crippen LogP contribution in [0, 0.1) is 6.92 Å². The van der Waals surface area contributed by atoms with Crippen molar-refractivity contribution in [2.24, 2.45) is 0 Å². The monoisotopic (exact) mass is 359 g/mol. The zero-order valence-corrected chi connectivity index (χ0v) is 14.4. The van der Waals surface area contributed by atoms with Gasteiger partial charge >= 0.3 is 0 Å². The van der Waals surface area contributed by atoms with Gasteiger partial charge in [0.25, 0.3) is 10.0 Å². The number of hydrogen-bond acceptors (Lipinski definition) is 3. The highest BCUT2D eigenvalue weighted by atomic mass is 35.5. The van der Waals surface area contributed by atoms with Gasteiger partial charge in [0.1, 0.15) is 10.6 Å². The van der Waals surface area contributed by atoms with Crippen molar-refractivity contribution < 1.29 is 13.2 Å². The highest BCUT2D eigenvalue weighted by Crippen LogP contribution is 2.31. The van der Waals surface area contributed by atoms with E-state index in [1.54, 1.807) is 38.1 Å². The Morgan fingerprint density at radius 2 is 1.91 bits per heavy atom. The number of rotatable bonds is 5. The second-order valence-corrected chi connectivity index (χ2v) is 7.04. The molecule has 22 heavy (non-hydrogen) atoms. The molecule has 0 aliphatic carbocycles. The van der Waals surface area contributed by atoms with E-state index in [4.69, 9.17) is 27.9 Å². The number of hydrogen-bond donors (Lipinski definition) is 1. The summed E-state index contributed by atoms with van der Waals surface area (Å²) in [5.74, 6) is 0.249. The highest BCUT2D eigenvalue weighted by Gasteiger charge is 2.21. The Labute approximate surface area is 140 Å². The van der Waals surface area contributed by atoms with Crippen molar-refractivity contribution in [2.45, 2.75) is 18.7 Å². The third kappa shape index (κ3) is 3.66. The predicted molar refractivity (Wildman–Crippen MR) is 89.6 cm³/mol. The van der Waals surface area contributed by atoms with Crippen LogP contribution in [0.1, 0.15) is 12.5 Å². The molecule has 0 bridgehead atoms. The maximum absolute atomic E-state index is 12.6. The molecule has 0 spiro atoms. The number of anilines is 1. The minimum absolute atomic E-state index is 0.0128. The first kappa shape index (κ1) is 16.9. The van der Waals surface area contributed by atoms with Gasteiger partial charge in [-0.25, -0.2) is 8.42 Å². The topological polar surface area (TPSA) is 55.4 Å². The van der Waals surface area contributed by atoms with Crippen molar-refractivity contribution in [1.29, 1.82) is 0 Å². The fraction of sp³-hybridized carbons (Fsp3) is 0.200. The lowest BCUT2D eigenvalue weighted by atomic mass is 10.2. The Hall–Kier alpha value is -1.43. The van der Waals surface area contributed by atoms with Crippen molar-refractivity contribution in [3.8, 4) is 5.75 Å². The molecule has 2 rings (SSSR count). The number of halogens is 2. The SMILES string of the molecule is CCOc1ccc(Cl)cc1S(=O)(=O)Nc1cccc(Cl)c1C. The number of nitrogens with one attached hydrogen (secondary N) is 1. The Morgan fingerprint density at radius 1 is 1.18 bits per heavy atom. The lowest BCUT2D eigenvalue weighted by Crippen LogP contribution is -2.15. The smallest absolute Gasteiger partial charge is 0.265 e. The molecular formula is C15H15Cl2NO3S. The van der Waals surface area contributed by atoms with Gasteiger partial charge in [-0.1, -0.05) is 29.3 Å². The largest absolute Gasteiger partial charge is 0.492 e. The van der Waals surface area contributed by atoms with Gasteiger partial charge in [-0.05, 0) is 49.7 Å². The maximum atomic E-state index is 12.6. The molecule has 118 valence electrons. The lowest BCUT2D eigenvalue weighted by molar-refractivity contribution is 0.331. The van der Waals surface area contributed by atoms with E-state index in [0.29, 0.717) is 27.9 Å². The highest BCUT2D eigenvalue weighted by molar-refractivity contribution is 7.92. The number of sulfonamides is 1. The summed E-state index contributed by atoms with van der Waals surface area (Å²) in [6.07, 6.45) is 0. The van der Waals surface area contributed by atoms with E-state index in [1.165, 1.54) is 12.1 Å². The van der Waals surface area contributed by atoms with Crippen molar-refractivity contribution in [2.75, 3.05) is 11.3 Å². The van der Waals surface area contributed by atoms with Crippen LogP contribution in [0.5, 0.6) is 5.75 Å². The third-order valence-corrected chi connectivity index (χ3v) is 5.04. The molecule has 2 aromatic carbocycles. The van der Waals surface area contributed by atoms with Crippen LogP contribution in [0.3, 0.4) is 0 Å². The van der Waals surface area contributed by atoms with Gasteiger partial charge in [-0.15, -0.1) is 0 Å². The third-order valence-electron chi connectivity index (χ3n) is 3.01. The average molecular weight is 360 g/mol. The molecule has 0 amide bonds. The molecule has 0 aliphatic rings. The summed E-state index contributed by atoms with van der Waals surface area (Å²) in [7, 11) is -3.85. The normalized spacial score (nSPS) is 11.3. The van der Waals surface area contributed by atoms with Crippen molar-refractivity contribution in [3.05, 3.63) is 52.0 Å². The quantitative estimate of drug-likeness (QED) is 0.854. The van der Waals surface area contributed by atoms with E-state index in [1.807, 2.05) is 0 Å². The molecule has 0 aromatic heterocycles. The van der Waals surface area contributed by atoms with Gasteiger partial charge in [0, 0.05) is 10.0 Å². The van der Waals surface area contributed by atoms with Gasteiger partial charge < -0.3 is 4.74 Å². The number of ether oxygens (including phenoxy) is 1. The molecule has 0 saturated carbocycles. The van der Waals surface area contributed by atoms with Gasteiger partial charge in [0.2, 0.25) is 0 Å². The zero-order valence-electron chi connectivity index (χ0n) is 12.1. The second kappa shape index (κ2) is 6.77. The predicted octanol–water partition coefficient (Wildman–Crippen LogP) is 4.50. The van der Waals surface area contributed by atoms with Crippen molar-refractivity contribution in [3.63, 3.8) is 0 Å². The summed E-state index contributed by atoms with van der Waals surface area (Å²) in [6, 6.07) is 9.48. The van der Waals surface area contributed by atoms with Crippen LogP contribution in [0.4, 0.5) is 5.69 Å². The Bertz CT molecular complexity index is 791. The van der Waals surface area contributed by atoms with E-state index in [9.17, 15) is 8.42 Å². The molecule has 0 radical (unpaired) electrons. The fourth-order valence-corrected chi connectivity index (χ4v) is 3.59. The Balaban J connectivity index is 2.47. The van der Waals surface area contributed by atoms with Crippen LogP contribution < -0.4 is 9.46 Å². The molecule has 0 saturated heterocycles. The summed E-state index contributed by atoms with van der Waals surface area (Å²) in [4.78, 5) is -0.0128. The molecular weight excluding hydrogens is 345 g/mol. The summed E-state index contributed by atoms with van der Waals surface area (Å²) in [5.41, 5.74) is 1.06. The molecule has 2 aromatic rings. The summed E-state index contributed by atoms with van der Waals surface area (Å²) in [6.45, 7) is 3.86. The maximum Gasteiger partial charge on any atom is 0.265 e. The van der Waals surface area contributed by atoms with E-state index in [0.717, 1.165) is 0 Å². The van der Waals surface area contributed by atoms with E-state index in [2.05, 4.69) is 4.72 Å². The van der Waals surface area contributed by atoms with Crippen LogP contribution in [0.25, 0.3) is 0 Å². The van der Waals surface area contributed by atoms with Crippen LogP contribution >= 0.6 is 23.2 Å². The van der Waals surface area contributed by atoms with Gasteiger partial charge in [0.15, 0.2) is 0 Å². The van der Waals surface area contributed by atoms with E-state index >= 15 is 0 Å². The average Bonchev–Trinajstić information content (AvgIpc) is 2.46. The van der Waals surface area contributed by atoms with Gasteiger partial charge in [-0.2, -0.15) is 0 Å². The summed E-state index contributed by atoms with van der Waals surface area (Å²) in [5, 5.41) is 0.794. The first-order chi connectivity index (χ1) is 10.3. The zero-order chi connectivity index (χ0) is 16.3. The minimum Gasteiger partial charge on any atom is -0.492 e. The van der Waals surface area contributed by atoms with Crippen LogP contribution in [0.15, 0.2) is 41.3 Å². The molecule has 0 fully saturated rings. The molecule has 0 heterocycles. The van der Waals surface area contributed by atoms with Gasteiger partial charge in [0.05, 0.1) is 12.3 Å². The van der Waals surface area contributed by atoms with Crippen LogP contribution in [0.2, 0.25) is 10.0 Å². The van der Waals surface area contributed by atoms with Crippen LogP contribution in [-0.2, 0) is 10.0 Å². The van der Waals surface area contributed by atoms with Gasteiger partial charge in [-0.3, -0.25) is 4.72 Å². The molecule has 4 nitrogen and oxygen atoms in total. The van der Waals surface area contributed by atoms with Crippen molar-refractivity contribution in [1.82, 2.24) is 0 Å². The fourth-order valence-electron chi connectivity index (χ4n) is 1.88. The summed E-state index contributed by atoms with van der Waals surface area (Å²) >= 11 is 11.9. The molecule has 1 N–H and O–H groups in total.